The third-order valence-electron chi connectivity index (χ3n) is 1.94. The molecule has 0 aliphatic rings. The molecule has 0 aromatic rings. The van der Waals surface area contributed by atoms with Crippen molar-refractivity contribution in [2.75, 3.05) is 6.54 Å². The highest BCUT2D eigenvalue weighted by Gasteiger charge is 2.09. The molecule has 0 fully saturated rings. The summed E-state index contributed by atoms with van der Waals surface area (Å²) in [5.41, 5.74) is 0.340. The van der Waals surface area contributed by atoms with Crippen LogP contribution in [0.2, 0.25) is 0 Å². The Hall–Kier alpha value is -0.660. The summed E-state index contributed by atoms with van der Waals surface area (Å²) >= 11 is 0. The van der Waals surface area contributed by atoms with E-state index < -0.39 is 0 Å². The summed E-state index contributed by atoms with van der Waals surface area (Å²) in [6.45, 7) is 16.0. The minimum absolute atomic E-state index is 0.168. The van der Waals surface area contributed by atoms with Gasteiger partial charge in [-0.1, -0.05) is 48.5 Å². The molecular formula is C14H28N2. The fraction of sp³-hybridized carbons (Fsp3) is 0.857. The van der Waals surface area contributed by atoms with E-state index >= 15 is 0 Å². The van der Waals surface area contributed by atoms with Crippen LogP contribution in [0.3, 0.4) is 0 Å². The highest BCUT2D eigenvalue weighted by Crippen LogP contribution is 2.11. The maximum Gasteiger partial charge on any atom is 0.0688 e. The third kappa shape index (κ3) is 9.88. The number of aliphatic imine (C=N–C) groups is 2. The second kappa shape index (κ2) is 6.17. The highest BCUT2D eigenvalue weighted by molar-refractivity contribution is 5.65. The summed E-state index contributed by atoms with van der Waals surface area (Å²) < 4.78 is 0. The van der Waals surface area contributed by atoms with Crippen LogP contribution in [0.5, 0.6) is 0 Å². The normalized spacial score (nSPS) is 16.2. The number of hydrogen-bond acceptors (Lipinski definition) is 2. The Labute approximate surface area is 101 Å². The molecule has 0 rings (SSSR count). The van der Waals surface area contributed by atoms with Gasteiger partial charge >= 0.3 is 0 Å². The fourth-order valence-corrected chi connectivity index (χ4v) is 1.06. The van der Waals surface area contributed by atoms with E-state index in [4.69, 9.17) is 0 Å². The monoisotopic (exact) mass is 224 g/mol. The first-order chi connectivity index (χ1) is 7.14. The van der Waals surface area contributed by atoms with Gasteiger partial charge in [0.15, 0.2) is 0 Å². The SMILES string of the molecule is CCC(CN=CC(C)(C)C)N=CC(C)(C)C. The van der Waals surface area contributed by atoms with Crippen molar-refractivity contribution in [3.8, 4) is 0 Å². The summed E-state index contributed by atoms with van der Waals surface area (Å²) in [5, 5.41) is 0. The quantitative estimate of drug-likeness (QED) is 0.645. The van der Waals surface area contributed by atoms with Crippen molar-refractivity contribution in [2.24, 2.45) is 20.8 Å². The molecule has 0 aromatic heterocycles. The minimum Gasteiger partial charge on any atom is -0.295 e. The molecule has 0 amide bonds. The van der Waals surface area contributed by atoms with Gasteiger partial charge in [-0.05, 0) is 17.3 Å². The summed E-state index contributed by atoms with van der Waals surface area (Å²) in [7, 11) is 0. The van der Waals surface area contributed by atoms with E-state index in [1.165, 1.54) is 0 Å². The van der Waals surface area contributed by atoms with Crippen LogP contribution < -0.4 is 0 Å². The van der Waals surface area contributed by atoms with Gasteiger partial charge in [-0.3, -0.25) is 9.98 Å². The molecule has 94 valence electrons. The molecule has 0 bridgehead atoms. The number of rotatable bonds is 4. The van der Waals surface area contributed by atoms with Gasteiger partial charge in [-0.15, -0.1) is 0 Å². The average Bonchev–Trinajstić information content (AvgIpc) is 2.07. The van der Waals surface area contributed by atoms with E-state index in [0.717, 1.165) is 13.0 Å². The van der Waals surface area contributed by atoms with Gasteiger partial charge < -0.3 is 0 Å². The molecule has 0 aliphatic carbocycles. The van der Waals surface area contributed by atoms with Crippen LogP contribution in [0.15, 0.2) is 9.98 Å². The first-order valence-corrected chi connectivity index (χ1v) is 6.19. The van der Waals surface area contributed by atoms with Crippen LogP contribution in [0, 0.1) is 10.8 Å². The molecule has 2 heteroatoms. The molecular weight excluding hydrogens is 196 g/mol. The molecule has 0 aromatic carbocycles. The zero-order valence-electron chi connectivity index (χ0n) is 12.0. The van der Waals surface area contributed by atoms with Gasteiger partial charge in [0.25, 0.3) is 0 Å². The Morgan fingerprint density at radius 3 is 1.81 bits per heavy atom. The summed E-state index contributed by atoms with van der Waals surface area (Å²) in [5.74, 6) is 0. The van der Waals surface area contributed by atoms with Gasteiger partial charge in [0.1, 0.15) is 0 Å². The van der Waals surface area contributed by atoms with E-state index in [2.05, 4.69) is 58.5 Å². The van der Waals surface area contributed by atoms with E-state index in [1.54, 1.807) is 0 Å². The molecule has 0 saturated heterocycles. The van der Waals surface area contributed by atoms with Crippen molar-refractivity contribution in [2.45, 2.75) is 60.9 Å². The van der Waals surface area contributed by atoms with Crippen molar-refractivity contribution in [1.29, 1.82) is 0 Å². The zero-order chi connectivity index (χ0) is 12.8. The average molecular weight is 224 g/mol. The van der Waals surface area contributed by atoms with Gasteiger partial charge in [0, 0.05) is 12.4 Å². The Morgan fingerprint density at radius 1 is 0.938 bits per heavy atom. The molecule has 0 saturated carbocycles. The largest absolute Gasteiger partial charge is 0.295 e. The lowest BCUT2D eigenvalue weighted by Gasteiger charge is -2.14. The molecule has 1 unspecified atom stereocenters. The molecule has 1 atom stereocenters. The maximum absolute atomic E-state index is 4.59. The molecule has 0 aliphatic heterocycles. The Bertz CT molecular complexity index is 238. The van der Waals surface area contributed by atoms with Crippen LogP contribution in [0.25, 0.3) is 0 Å². The van der Waals surface area contributed by atoms with E-state index in [-0.39, 0.29) is 10.8 Å². The summed E-state index contributed by atoms with van der Waals surface area (Å²) in [4.78, 5) is 9.07. The van der Waals surface area contributed by atoms with Crippen molar-refractivity contribution in [1.82, 2.24) is 0 Å². The second-order valence-corrected chi connectivity index (χ2v) is 6.57. The van der Waals surface area contributed by atoms with Gasteiger partial charge in [0.2, 0.25) is 0 Å². The topological polar surface area (TPSA) is 24.7 Å². The zero-order valence-corrected chi connectivity index (χ0v) is 12.0. The molecule has 0 spiro atoms. The predicted molar refractivity (Wildman–Crippen MR) is 74.8 cm³/mol. The van der Waals surface area contributed by atoms with Crippen molar-refractivity contribution in [3.05, 3.63) is 0 Å². The maximum atomic E-state index is 4.59. The van der Waals surface area contributed by atoms with E-state index in [1.807, 2.05) is 12.4 Å². The van der Waals surface area contributed by atoms with Crippen LogP contribution in [0.1, 0.15) is 54.9 Å². The van der Waals surface area contributed by atoms with Crippen LogP contribution in [-0.2, 0) is 0 Å². The summed E-state index contributed by atoms with van der Waals surface area (Å²) in [6.07, 6.45) is 5.13. The van der Waals surface area contributed by atoms with E-state index in [0.29, 0.717) is 6.04 Å². The standard InChI is InChI=1S/C14H28N2/c1-8-12(16-11-14(5,6)7)9-15-10-13(2,3)4/h10-12H,8-9H2,1-7H3. The number of nitrogens with zero attached hydrogens (tertiary/aromatic N) is 2. The fourth-order valence-electron chi connectivity index (χ4n) is 1.06. The third-order valence-corrected chi connectivity index (χ3v) is 1.94. The van der Waals surface area contributed by atoms with Gasteiger partial charge in [0.05, 0.1) is 12.6 Å². The van der Waals surface area contributed by atoms with Crippen LogP contribution in [0.4, 0.5) is 0 Å². The Morgan fingerprint density at radius 2 is 1.44 bits per heavy atom. The van der Waals surface area contributed by atoms with E-state index in [9.17, 15) is 0 Å². The van der Waals surface area contributed by atoms with Crippen LogP contribution >= 0.6 is 0 Å². The Kier molecular flexibility index (Phi) is 5.91. The molecule has 0 heterocycles. The van der Waals surface area contributed by atoms with Crippen molar-refractivity contribution in [3.63, 3.8) is 0 Å². The van der Waals surface area contributed by atoms with Gasteiger partial charge in [-0.25, -0.2) is 0 Å². The molecule has 2 nitrogen and oxygen atoms in total. The van der Waals surface area contributed by atoms with Crippen LogP contribution in [-0.4, -0.2) is 25.0 Å². The first kappa shape index (κ1) is 15.3. The molecule has 0 N–H and O–H groups in total. The number of hydrogen-bond donors (Lipinski definition) is 0. The minimum atomic E-state index is 0.168. The lowest BCUT2D eigenvalue weighted by Crippen LogP contribution is -2.14. The lowest BCUT2D eigenvalue weighted by atomic mass is 9.98. The highest BCUT2D eigenvalue weighted by atomic mass is 14.9. The predicted octanol–water partition coefficient (Wildman–Crippen LogP) is 4.00. The smallest absolute Gasteiger partial charge is 0.0688 e. The summed E-state index contributed by atoms with van der Waals surface area (Å²) in [6, 6.07) is 0.331. The molecule has 16 heavy (non-hydrogen) atoms. The van der Waals surface area contributed by atoms with Crippen molar-refractivity contribution < 1.29 is 0 Å². The van der Waals surface area contributed by atoms with Gasteiger partial charge in [-0.2, -0.15) is 0 Å². The Balaban J connectivity index is 4.23. The second-order valence-electron chi connectivity index (χ2n) is 6.57. The molecule has 0 radical (unpaired) electrons. The van der Waals surface area contributed by atoms with Crippen molar-refractivity contribution >= 4 is 12.4 Å². The first-order valence-electron chi connectivity index (χ1n) is 6.19. The lowest BCUT2D eigenvalue weighted by molar-refractivity contribution is 0.581.